The highest BCUT2D eigenvalue weighted by Gasteiger charge is 2.30. The lowest BCUT2D eigenvalue weighted by Crippen LogP contribution is -2.41. The molecule has 2 aromatic carbocycles. The summed E-state index contributed by atoms with van der Waals surface area (Å²) in [4.78, 5) is 36.3. The van der Waals surface area contributed by atoms with E-state index in [0.29, 0.717) is 17.9 Å². The molecule has 9 nitrogen and oxygen atoms in total. The van der Waals surface area contributed by atoms with Gasteiger partial charge in [-0.1, -0.05) is 55.3 Å². The maximum Gasteiger partial charge on any atom is 0.412 e. The van der Waals surface area contributed by atoms with Gasteiger partial charge in [-0.25, -0.2) is 9.59 Å². The zero-order valence-electron chi connectivity index (χ0n) is 18.9. The summed E-state index contributed by atoms with van der Waals surface area (Å²) in [5.41, 5.74) is 1.03. The van der Waals surface area contributed by atoms with Crippen LogP contribution in [0.25, 0.3) is 11.3 Å². The Hall–Kier alpha value is -4.21. The second-order valence-corrected chi connectivity index (χ2v) is 8.38. The highest BCUT2D eigenvalue weighted by Crippen LogP contribution is 2.34. The third-order valence-electron chi connectivity index (χ3n) is 5.71. The predicted molar refractivity (Wildman–Crippen MR) is 123 cm³/mol. The minimum Gasteiger partial charge on any atom is -0.480 e. The number of halogens is 1. The van der Waals surface area contributed by atoms with E-state index in [4.69, 9.17) is 9.26 Å². The molecule has 1 aliphatic rings. The second-order valence-electron chi connectivity index (χ2n) is 8.38. The van der Waals surface area contributed by atoms with Crippen molar-refractivity contribution in [3.05, 3.63) is 71.7 Å². The summed E-state index contributed by atoms with van der Waals surface area (Å²) in [6, 6.07) is 13.9. The van der Waals surface area contributed by atoms with Gasteiger partial charge in [0.25, 0.3) is 11.9 Å². The fourth-order valence-electron chi connectivity index (χ4n) is 3.58. The Morgan fingerprint density at radius 2 is 1.83 bits per heavy atom. The van der Waals surface area contributed by atoms with Crippen LogP contribution in [0.5, 0.6) is 0 Å². The van der Waals surface area contributed by atoms with E-state index in [1.54, 1.807) is 19.1 Å². The zero-order valence-corrected chi connectivity index (χ0v) is 18.9. The van der Waals surface area contributed by atoms with Gasteiger partial charge in [0, 0.05) is 11.1 Å². The smallest absolute Gasteiger partial charge is 0.412 e. The molecule has 182 valence electrons. The highest BCUT2D eigenvalue weighted by molar-refractivity contribution is 5.97. The molecule has 10 heteroatoms. The first kappa shape index (κ1) is 23.9. The molecular weight excluding hydrogens is 457 g/mol. The fourth-order valence-corrected chi connectivity index (χ4v) is 3.58. The quantitative estimate of drug-likeness (QED) is 0.401. The van der Waals surface area contributed by atoms with Crippen molar-refractivity contribution in [1.29, 1.82) is 0 Å². The van der Waals surface area contributed by atoms with Crippen molar-refractivity contribution in [3.8, 4) is 11.3 Å². The molecule has 0 saturated heterocycles. The topological polar surface area (TPSA) is 131 Å². The molecule has 35 heavy (non-hydrogen) atoms. The minimum absolute atomic E-state index is 0.0593. The second kappa shape index (κ2) is 10.4. The van der Waals surface area contributed by atoms with E-state index in [9.17, 15) is 23.9 Å². The van der Waals surface area contributed by atoms with Crippen LogP contribution in [-0.2, 0) is 9.53 Å². The molecule has 0 spiro atoms. The lowest BCUT2D eigenvalue weighted by molar-refractivity contribution is -0.139. The van der Waals surface area contributed by atoms with E-state index in [1.807, 2.05) is 18.2 Å². The van der Waals surface area contributed by atoms with Crippen molar-refractivity contribution >= 4 is 23.7 Å². The van der Waals surface area contributed by atoms with E-state index in [-0.39, 0.29) is 17.0 Å². The number of rotatable bonds is 9. The molecule has 1 heterocycles. The van der Waals surface area contributed by atoms with Crippen LogP contribution >= 0.6 is 0 Å². The van der Waals surface area contributed by atoms with Crippen molar-refractivity contribution in [3.63, 3.8) is 0 Å². The maximum absolute atomic E-state index is 14.3. The zero-order chi connectivity index (χ0) is 24.9. The van der Waals surface area contributed by atoms with Crippen LogP contribution < -0.4 is 10.6 Å². The summed E-state index contributed by atoms with van der Waals surface area (Å²) < 4.78 is 24.6. The number of anilines is 1. The van der Waals surface area contributed by atoms with Crippen molar-refractivity contribution in [1.82, 2.24) is 10.5 Å². The van der Waals surface area contributed by atoms with Crippen LogP contribution in [-0.4, -0.2) is 34.3 Å². The lowest BCUT2D eigenvalue weighted by atomic mass is 10.1. The van der Waals surface area contributed by atoms with E-state index in [0.717, 1.165) is 18.4 Å². The van der Waals surface area contributed by atoms with Gasteiger partial charge >= 0.3 is 12.1 Å². The summed E-state index contributed by atoms with van der Waals surface area (Å²) in [6.07, 6.45) is 0.866. The SMILES string of the molecule is CC(OC(=O)Nc1c(F)noc1-c1ccc(C(=O)NC(CC2CC2)C(=O)O)cc1)c1ccccc1. The van der Waals surface area contributed by atoms with Gasteiger partial charge in [0.05, 0.1) is 0 Å². The van der Waals surface area contributed by atoms with Crippen LogP contribution in [0, 0.1) is 11.9 Å². The summed E-state index contributed by atoms with van der Waals surface area (Å²) >= 11 is 0. The molecule has 3 aromatic rings. The molecule has 3 N–H and O–H groups in total. The number of aliphatic carboxylic acids is 1. The predicted octanol–water partition coefficient (Wildman–Crippen LogP) is 4.77. The molecule has 0 radical (unpaired) electrons. The molecule has 0 aliphatic heterocycles. The largest absolute Gasteiger partial charge is 0.480 e. The average molecular weight is 481 g/mol. The molecule has 4 rings (SSSR count). The minimum atomic E-state index is -1.08. The highest BCUT2D eigenvalue weighted by atomic mass is 19.1. The molecule has 2 atom stereocenters. The number of ether oxygens (including phenoxy) is 1. The first-order valence-electron chi connectivity index (χ1n) is 11.1. The summed E-state index contributed by atoms with van der Waals surface area (Å²) in [5, 5.41) is 17.5. The Kier molecular flexibility index (Phi) is 7.09. The normalized spacial score (nSPS) is 14.6. The first-order chi connectivity index (χ1) is 16.8. The Bertz CT molecular complexity index is 1210. The van der Waals surface area contributed by atoms with E-state index >= 15 is 0 Å². The fraction of sp³-hybridized carbons (Fsp3) is 0.280. The summed E-state index contributed by atoms with van der Waals surface area (Å²) in [6.45, 7) is 1.68. The molecular formula is C25H24FN3O6. The number of benzene rings is 2. The van der Waals surface area contributed by atoms with Gasteiger partial charge in [0.2, 0.25) is 0 Å². The van der Waals surface area contributed by atoms with Crippen LogP contribution in [0.1, 0.15) is 48.2 Å². The monoisotopic (exact) mass is 481 g/mol. The van der Waals surface area contributed by atoms with Crippen LogP contribution in [0.2, 0.25) is 0 Å². The van der Waals surface area contributed by atoms with Gasteiger partial charge < -0.3 is 19.7 Å². The maximum atomic E-state index is 14.3. The average Bonchev–Trinajstić information content (AvgIpc) is 3.60. The molecule has 1 aliphatic carbocycles. The van der Waals surface area contributed by atoms with Gasteiger partial charge in [-0.3, -0.25) is 10.1 Å². The van der Waals surface area contributed by atoms with E-state index in [1.165, 1.54) is 24.3 Å². The lowest BCUT2D eigenvalue weighted by Gasteiger charge is -2.14. The molecule has 1 aromatic heterocycles. The van der Waals surface area contributed by atoms with E-state index in [2.05, 4.69) is 15.8 Å². The van der Waals surface area contributed by atoms with Gasteiger partial charge in [-0.05, 0) is 42.1 Å². The summed E-state index contributed by atoms with van der Waals surface area (Å²) in [7, 11) is 0. The first-order valence-corrected chi connectivity index (χ1v) is 11.1. The number of hydrogen-bond donors (Lipinski definition) is 3. The number of carboxylic acid groups (broad SMARTS) is 1. The Balaban J connectivity index is 1.43. The number of hydrogen-bond acceptors (Lipinski definition) is 6. The number of carboxylic acids is 1. The van der Waals surface area contributed by atoms with Crippen LogP contribution in [0.15, 0.2) is 59.1 Å². The molecule has 1 saturated carbocycles. The number of amides is 2. The van der Waals surface area contributed by atoms with Crippen molar-refractivity contribution in [2.24, 2.45) is 5.92 Å². The van der Waals surface area contributed by atoms with Crippen molar-refractivity contribution < 1.29 is 33.1 Å². The third kappa shape index (κ3) is 6.03. The number of carbonyl (C=O) groups excluding carboxylic acids is 2. The van der Waals surface area contributed by atoms with Crippen LogP contribution in [0.4, 0.5) is 14.9 Å². The molecule has 0 bridgehead atoms. The Labute approximate surface area is 200 Å². The Morgan fingerprint density at radius 3 is 2.46 bits per heavy atom. The van der Waals surface area contributed by atoms with E-state index < -0.39 is 36.1 Å². The number of nitrogens with zero attached hydrogens (tertiary/aromatic N) is 1. The number of carbonyl (C=O) groups is 3. The number of nitrogens with one attached hydrogen (secondary N) is 2. The van der Waals surface area contributed by atoms with Gasteiger partial charge in [0.1, 0.15) is 17.8 Å². The van der Waals surface area contributed by atoms with Crippen molar-refractivity contribution in [2.75, 3.05) is 5.32 Å². The number of aromatic nitrogens is 1. The van der Waals surface area contributed by atoms with Gasteiger partial charge in [-0.15, -0.1) is 0 Å². The standard InChI is InChI=1S/C25H24FN3O6/c1-14(16-5-3-2-4-6-16)34-25(33)28-20-21(35-29-22(20)26)17-9-11-18(12-10-17)23(30)27-19(24(31)32)13-15-7-8-15/h2-6,9-12,14-15,19H,7-8,13H2,1H3,(H,27,30)(H,28,33)(H,31,32). The van der Waals surface area contributed by atoms with Crippen LogP contribution in [0.3, 0.4) is 0 Å². The third-order valence-corrected chi connectivity index (χ3v) is 5.71. The van der Waals surface area contributed by atoms with Gasteiger partial charge in [-0.2, -0.15) is 4.39 Å². The Morgan fingerprint density at radius 1 is 1.14 bits per heavy atom. The van der Waals surface area contributed by atoms with Gasteiger partial charge in [0.15, 0.2) is 5.76 Å². The summed E-state index contributed by atoms with van der Waals surface area (Å²) in [5.74, 6) is -2.38. The van der Waals surface area contributed by atoms with Crippen molar-refractivity contribution in [2.45, 2.75) is 38.3 Å². The molecule has 2 unspecified atom stereocenters. The molecule has 2 amide bonds. The molecule has 1 fully saturated rings.